The van der Waals surface area contributed by atoms with E-state index in [0.717, 1.165) is 18.7 Å². The number of rotatable bonds is 2. The van der Waals surface area contributed by atoms with Gasteiger partial charge in [0.1, 0.15) is 12.2 Å². The summed E-state index contributed by atoms with van der Waals surface area (Å²) in [6, 6.07) is 0. The number of aromatic nitrogens is 3. The predicted octanol–water partition coefficient (Wildman–Crippen LogP) is 1.99. The Morgan fingerprint density at radius 3 is 2.58 bits per heavy atom. The second-order valence-corrected chi connectivity index (χ2v) is 4.04. The summed E-state index contributed by atoms with van der Waals surface area (Å²) in [6.45, 7) is 8.64. The van der Waals surface area contributed by atoms with Gasteiger partial charge in [-0.15, -0.1) is 10.2 Å². The minimum atomic E-state index is 0.105. The second-order valence-electron chi connectivity index (χ2n) is 4.04. The summed E-state index contributed by atoms with van der Waals surface area (Å²) in [5.41, 5.74) is 0.105. The van der Waals surface area contributed by atoms with Crippen molar-refractivity contribution in [3.05, 3.63) is 12.2 Å². The quantitative estimate of drug-likeness (QED) is 0.674. The number of hydrogen-bond donors (Lipinski definition) is 0. The molecule has 0 spiro atoms. The fourth-order valence-corrected chi connectivity index (χ4v) is 1.21. The summed E-state index contributed by atoms with van der Waals surface area (Å²) in [4.78, 5) is 0. The highest BCUT2D eigenvalue weighted by molar-refractivity contribution is 4.91. The van der Waals surface area contributed by atoms with Gasteiger partial charge in [-0.3, -0.25) is 0 Å². The highest BCUT2D eigenvalue weighted by Crippen LogP contribution is 2.15. The van der Waals surface area contributed by atoms with Crippen LogP contribution < -0.4 is 0 Å². The molecule has 3 nitrogen and oxygen atoms in total. The molecule has 0 fully saturated rings. The fourth-order valence-electron chi connectivity index (χ4n) is 1.21. The fraction of sp³-hybridized carbons (Fsp3) is 0.778. The van der Waals surface area contributed by atoms with Gasteiger partial charge in [-0.1, -0.05) is 6.92 Å². The lowest BCUT2D eigenvalue weighted by molar-refractivity contribution is 0.381. The van der Waals surface area contributed by atoms with Crippen molar-refractivity contribution in [3.8, 4) is 0 Å². The Morgan fingerprint density at radius 2 is 2.08 bits per heavy atom. The Balaban J connectivity index is 2.91. The smallest absolute Gasteiger partial charge is 0.133 e. The van der Waals surface area contributed by atoms with Gasteiger partial charge < -0.3 is 4.57 Å². The lowest BCUT2D eigenvalue weighted by atomic mass is 10.1. The maximum absolute atomic E-state index is 4.09. The zero-order valence-electron chi connectivity index (χ0n) is 8.33. The molecule has 1 rings (SSSR count). The van der Waals surface area contributed by atoms with Crippen molar-refractivity contribution in [2.45, 2.75) is 46.1 Å². The molecule has 12 heavy (non-hydrogen) atoms. The Kier molecular flexibility index (Phi) is 2.50. The highest BCUT2D eigenvalue weighted by Gasteiger charge is 2.16. The molecule has 0 radical (unpaired) electrons. The zero-order chi connectivity index (χ0) is 9.19. The Labute approximate surface area is 73.8 Å². The van der Waals surface area contributed by atoms with E-state index >= 15 is 0 Å². The third-order valence-electron chi connectivity index (χ3n) is 1.81. The molecule has 0 saturated heterocycles. The molecular formula is C9H17N3. The molecule has 3 heteroatoms. The average Bonchev–Trinajstić information content (AvgIpc) is 2.34. The Morgan fingerprint density at radius 1 is 1.42 bits per heavy atom. The summed E-state index contributed by atoms with van der Waals surface area (Å²) >= 11 is 0. The van der Waals surface area contributed by atoms with Crippen LogP contribution in [0.4, 0.5) is 0 Å². The molecular weight excluding hydrogens is 150 g/mol. The molecule has 0 aliphatic rings. The normalized spacial score (nSPS) is 12.0. The number of hydrogen-bond acceptors (Lipinski definition) is 2. The summed E-state index contributed by atoms with van der Waals surface area (Å²) in [6.07, 6.45) is 3.94. The lowest BCUT2D eigenvalue weighted by Crippen LogP contribution is -2.23. The second kappa shape index (κ2) is 3.25. The Bertz CT molecular complexity index is 245. The van der Waals surface area contributed by atoms with E-state index in [4.69, 9.17) is 0 Å². The highest BCUT2D eigenvalue weighted by atomic mass is 15.3. The van der Waals surface area contributed by atoms with Crippen LogP contribution >= 0.6 is 0 Å². The molecule has 0 saturated carbocycles. The van der Waals surface area contributed by atoms with Crippen LogP contribution in [0, 0.1) is 0 Å². The topological polar surface area (TPSA) is 30.7 Å². The zero-order valence-corrected chi connectivity index (χ0v) is 8.33. The van der Waals surface area contributed by atoms with Crippen molar-refractivity contribution >= 4 is 0 Å². The first-order valence-corrected chi connectivity index (χ1v) is 4.45. The van der Waals surface area contributed by atoms with Crippen LogP contribution in [0.3, 0.4) is 0 Å². The van der Waals surface area contributed by atoms with Crippen LogP contribution in [-0.4, -0.2) is 14.8 Å². The SMILES string of the molecule is CCCc1nncn1C(C)(C)C. The number of aryl methyl sites for hydroxylation is 1. The molecule has 68 valence electrons. The summed E-state index contributed by atoms with van der Waals surface area (Å²) in [5.74, 6) is 1.09. The molecule has 0 aromatic carbocycles. The van der Waals surface area contributed by atoms with Crippen molar-refractivity contribution in [3.63, 3.8) is 0 Å². The largest absolute Gasteiger partial charge is 0.312 e. The van der Waals surface area contributed by atoms with Gasteiger partial charge in [0.05, 0.1) is 0 Å². The standard InChI is InChI=1S/C9H17N3/c1-5-6-8-11-10-7-12(8)9(2,3)4/h7H,5-6H2,1-4H3. The van der Waals surface area contributed by atoms with Gasteiger partial charge in [0.25, 0.3) is 0 Å². The maximum atomic E-state index is 4.09. The van der Waals surface area contributed by atoms with Crippen LogP contribution in [-0.2, 0) is 12.0 Å². The lowest BCUT2D eigenvalue weighted by Gasteiger charge is -2.22. The van der Waals surface area contributed by atoms with Gasteiger partial charge in [0.2, 0.25) is 0 Å². The van der Waals surface area contributed by atoms with Crippen LogP contribution in [0.2, 0.25) is 0 Å². The minimum absolute atomic E-state index is 0.105. The van der Waals surface area contributed by atoms with Crippen LogP contribution in [0.15, 0.2) is 6.33 Å². The van der Waals surface area contributed by atoms with Crippen LogP contribution in [0.5, 0.6) is 0 Å². The molecule has 0 bridgehead atoms. The number of nitrogens with zero attached hydrogens (tertiary/aromatic N) is 3. The van der Waals surface area contributed by atoms with Gasteiger partial charge in [-0.05, 0) is 27.2 Å². The summed E-state index contributed by atoms with van der Waals surface area (Å²) in [5, 5.41) is 8.01. The summed E-state index contributed by atoms with van der Waals surface area (Å²) in [7, 11) is 0. The van der Waals surface area contributed by atoms with Crippen molar-refractivity contribution < 1.29 is 0 Å². The van der Waals surface area contributed by atoms with Gasteiger partial charge in [0.15, 0.2) is 0 Å². The molecule has 0 atom stereocenters. The van der Waals surface area contributed by atoms with Crippen molar-refractivity contribution in [2.24, 2.45) is 0 Å². The third kappa shape index (κ3) is 1.84. The summed E-state index contributed by atoms with van der Waals surface area (Å²) < 4.78 is 2.14. The van der Waals surface area contributed by atoms with E-state index in [9.17, 15) is 0 Å². The van der Waals surface area contributed by atoms with E-state index in [1.165, 1.54) is 0 Å². The van der Waals surface area contributed by atoms with E-state index in [-0.39, 0.29) is 5.54 Å². The van der Waals surface area contributed by atoms with E-state index in [1.54, 1.807) is 0 Å². The van der Waals surface area contributed by atoms with Crippen molar-refractivity contribution in [1.82, 2.24) is 14.8 Å². The van der Waals surface area contributed by atoms with Crippen LogP contribution in [0.1, 0.15) is 39.9 Å². The molecule has 1 aromatic rings. The van der Waals surface area contributed by atoms with Gasteiger partial charge in [0, 0.05) is 12.0 Å². The van der Waals surface area contributed by atoms with Crippen molar-refractivity contribution in [1.29, 1.82) is 0 Å². The molecule has 0 amide bonds. The molecule has 1 heterocycles. The van der Waals surface area contributed by atoms with Crippen molar-refractivity contribution in [2.75, 3.05) is 0 Å². The minimum Gasteiger partial charge on any atom is -0.312 e. The van der Waals surface area contributed by atoms with Crippen LogP contribution in [0.25, 0.3) is 0 Å². The van der Waals surface area contributed by atoms with E-state index in [1.807, 2.05) is 6.33 Å². The first kappa shape index (κ1) is 9.23. The van der Waals surface area contributed by atoms with E-state index in [0.29, 0.717) is 0 Å². The molecule has 0 unspecified atom stereocenters. The van der Waals surface area contributed by atoms with Gasteiger partial charge in [-0.25, -0.2) is 0 Å². The van der Waals surface area contributed by atoms with Gasteiger partial charge in [-0.2, -0.15) is 0 Å². The predicted molar refractivity (Wildman–Crippen MR) is 49.0 cm³/mol. The molecule has 0 aliphatic heterocycles. The molecule has 1 aromatic heterocycles. The van der Waals surface area contributed by atoms with Gasteiger partial charge >= 0.3 is 0 Å². The monoisotopic (exact) mass is 167 g/mol. The third-order valence-corrected chi connectivity index (χ3v) is 1.81. The first-order chi connectivity index (χ1) is 5.55. The Hall–Kier alpha value is -0.860. The molecule has 0 aliphatic carbocycles. The van der Waals surface area contributed by atoms with E-state index in [2.05, 4.69) is 42.5 Å². The first-order valence-electron chi connectivity index (χ1n) is 4.45. The van der Waals surface area contributed by atoms with E-state index < -0.39 is 0 Å². The maximum Gasteiger partial charge on any atom is 0.133 e. The molecule has 0 N–H and O–H groups in total. The average molecular weight is 167 g/mol.